The Hall–Kier alpha value is -4.33. The summed E-state index contributed by atoms with van der Waals surface area (Å²) in [5, 5.41) is 2.81. The largest absolute Gasteiger partial charge is 0.497 e. The Kier molecular flexibility index (Phi) is 6.56. The summed E-state index contributed by atoms with van der Waals surface area (Å²) < 4.78 is 16.3. The number of benzene rings is 3. The standard InChI is InChI=1S/C29H28N2O6/c1-35-22-14-20(15-23(16-22)36-2)18-30-26(32)29(17-19-8-4-3-5-9-19)27(33)31(28(34)37-29)25-13-12-21-10-6-7-11-24(21)25/h3-11,14-16,25H,12-13,17-18H2,1-2H3,(H,30,32)/t25-,29-/m1/s1. The minimum Gasteiger partial charge on any atom is -0.497 e. The van der Waals surface area contributed by atoms with Crippen molar-refractivity contribution in [2.45, 2.75) is 37.5 Å². The number of amides is 3. The van der Waals surface area contributed by atoms with Gasteiger partial charge in [0.05, 0.1) is 20.3 Å². The molecule has 0 spiro atoms. The molecule has 1 fully saturated rings. The molecule has 3 aromatic rings. The number of fused-ring (bicyclic) bond motifs is 1. The van der Waals surface area contributed by atoms with E-state index < -0.39 is 29.6 Å². The first-order valence-electron chi connectivity index (χ1n) is 12.1. The first-order valence-corrected chi connectivity index (χ1v) is 12.1. The van der Waals surface area contributed by atoms with Gasteiger partial charge in [0.1, 0.15) is 11.5 Å². The molecular formula is C29H28N2O6. The second kappa shape index (κ2) is 9.97. The van der Waals surface area contributed by atoms with Crippen LogP contribution in [0.25, 0.3) is 0 Å². The smallest absolute Gasteiger partial charge is 0.418 e. The van der Waals surface area contributed by atoms with E-state index in [1.54, 1.807) is 44.6 Å². The number of ether oxygens (including phenoxy) is 3. The molecule has 8 heteroatoms. The lowest BCUT2D eigenvalue weighted by molar-refractivity contribution is -0.150. The highest BCUT2D eigenvalue weighted by Crippen LogP contribution is 2.41. The molecule has 190 valence electrons. The summed E-state index contributed by atoms with van der Waals surface area (Å²) in [5.41, 5.74) is 1.39. The van der Waals surface area contributed by atoms with Crippen LogP contribution >= 0.6 is 0 Å². The van der Waals surface area contributed by atoms with Gasteiger partial charge in [0.2, 0.25) is 0 Å². The van der Waals surface area contributed by atoms with Gasteiger partial charge in [0.25, 0.3) is 17.4 Å². The van der Waals surface area contributed by atoms with Gasteiger partial charge in [-0.1, -0.05) is 54.6 Å². The maximum absolute atomic E-state index is 14.0. The number of carbonyl (C=O) groups excluding carboxylic acids is 3. The Balaban J connectivity index is 1.45. The van der Waals surface area contributed by atoms with Crippen molar-refractivity contribution in [2.24, 2.45) is 0 Å². The molecule has 3 aromatic carbocycles. The average Bonchev–Trinajstić information content (AvgIpc) is 3.45. The van der Waals surface area contributed by atoms with Crippen molar-refractivity contribution in [1.29, 1.82) is 0 Å². The molecule has 37 heavy (non-hydrogen) atoms. The fourth-order valence-electron chi connectivity index (χ4n) is 5.10. The Morgan fingerprint density at radius 3 is 2.35 bits per heavy atom. The molecule has 1 heterocycles. The van der Waals surface area contributed by atoms with E-state index in [9.17, 15) is 14.4 Å². The zero-order chi connectivity index (χ0) is 26.0. The monoisotopic (exact) mass is 500 g/mol. The highest BCUT2D eigenvalue weighted by Gasteiger charge is 2.61. The number of nitrogens with one attached hydrogen (secondary N) is 1. The summed E-state index contributed by atoms with van der Waals surface area (Å²) in [5.74, 6) is -0.192. The lowest BCUT2D eigenvalue weighted by Crippen LogP contribution is -2.55. The summed E-state index contributed by atoms with van der Waals surface area (Å²) in [4.78, 5) is 42.0. The molecule has 1 aliphatic heterocycles. The van der Waals surface area contributed by atoms with E-state index in [4.69, 9.17) is 14.2 Å². The van der Waals surface area contributed by atoms with Gasteiger partial charge >= 0.3 is 6.09 Å². The molecule has 5 rings (SSSR count). The van der Waals surface area contributed by atoms with E-state index >= 15 is 0 Å². The normalized spacial score (nSPS) is 20.4. The summed E-state index contributed by atoms with van der Waals surface area (Å²) in [6, 6.07) is 21.6. The second-order valence-corrected chi connectivity index (χ2v) is 9.19. The van der Waals surface area contributed by atoms with Crippen LogP contribution < -0.4 is 14.8 Å². The van der Waals surface area contributed by atoms with Gasteiger partial charge in [0, 0.05) is 19.0 Å². The van der Waals surface area contributed by atoms with Crippen LogP contribution in [0.3, 0.4) is 0 Å². The van der Waals surface area contributed by atoms with Crippen LogP contribution in [0.15, 0.2) is 72.8 Å². The fraction of sp³-hybridized carbons (Fsp3) is 0.276. The Morgan fingerprint density at radius 1 is 0.973 bits per heavy atom. The van der Waals surface area contributed by atoms with Crippen LogP contribution in [0, 0.1) is 0 Å². The van der Waals surface area contributed by atoms with Gasteiger partial charge in [-0.2, -0.15) is 0 Å². The summed E-state index contributed by atoms with van der Waals surface area (Å²) >= 11 is 0. The third-order valence-corrected chi connectivity index (χ3v) is 6.96. The lowest BCUT2D eigenvalue weighted by Gasteiger charge is -2.26. The summed E-state index contributed by atoms with van der Waals surface area (Å²) in [7, 11) is 3.08. The van der Waals surface area contributed by atoms with Crippen LogP contribution in [0.4, 0.5) is 4.79 Å². The Labute approximate surface area is 215 Å². The Bertz CT molecular complexity index is 1320. The predicted octanol–water partition coefficient (Wildman–Crippen LogP) is 3.97. The molecule has 1 saturated heterocycles. The van der Waals surface area contributed by atoms with Crippen molar-refractivity contribution < 1.29 is 28.6 Å². The molecule has 0 radical (unpaired) electrons. The van der Waals surface area contributed by atoms with Crippen LogP contribution in [0.5, 0.6) is 11.5 Å². The number of aryl methyl sites for hydroxylation is 1. The molecule has 1 N–H and O–H groups in total. The summed E-state index contributed by atoms with van der Waals surface area (Å²) in [6.45, 7) is 0.0834. The summed E-state index contributed by atoms with van der Waals surface area (Å²) in [6.07, 6.45) is 0.456. The zero-order valence-electron chi connectivity index (χ0n) is 20.7. The third kappa shape index (κ3) is 4.50. The topological polar surface area (TPSA) is 94.2 Å². The van der Waals surface area contributed by atoms with E-state index in [1.165, 1.54) is 0 Å². The van der Waals surface area contributed by atoms with Crippen LogP contribution in [-0.4, -0.2) is 42.6 Å². The number of imide groups is 1. The fourth-order valence-corrected chi connectivity index (χ4v) is 5.10. The number of carbonyl (C=O) groups is 3. The number of hydrogen-bond acceptors (Lipinski definition) is 6. The molecule has 0 aromatic heterocycles. The van der Waals surface area contributed by atoms with Gasteiger partial charge in [-0.25, -0.2) is 9.69 Å². The number of rotatable bonds is 8. The molecule has 3 amide bonds. The minimum atomic E-state index is -2.01. The molecule has 0 unspecified atom stereocenters. The highest BCUT2D eigenvalue weighted by molar-refractivity contribution is 6.17. The van der Waals surface area contributed by atoms with E-state index in [1.807, 2.05) is 42.5 Å². The van der Waals surface area contributed by atoms with Crippen molar-refractivity contribution in [3.63, 3.8) is 0 Å². The average molecular weight is 501 g/mol. The van der Waals surface area contributed by atoms with Crippen molar-refractivity contribution in [1.82, 2.24) is 10.2 Å². The van der Waals surface area contributed by atoms with Crippen molar-refractivity contribution in [3.05, 3.63) is 95.1 Å². The number of hydrogen-bond donors (Lipinski definition) is 1. The highest BCUT2D eigenvalue weighted by atomic mass is 16.6. The van der Waals surface area contributed by atoms with Gasteiger partial charge in [0.15, 0.2) is 0 Å². The van der Waals surface area contributed by atoms with Gasteiger partial charge in [-0.15, -0.1) is 0 Å². The van der Waals surface area contributed by atoms with E-state index in [0.717, 1.165) is 22.4 Å². The predicted molar refractivity (Wildman–Crippen MR) is 135 cm³/mol. The van der Waals surface area contributed by atoms with E-state index in [2.05, 4.69) is 5.32 Å². The quantitative estimate of drug-likeness (QED) is 0.471. The van der Waals surface area contributed by atoms with Crippen LogP contribution in [0.2, 0.25) is 0 Å². The minimum absolute atomic E-state index is 0.0729. The Morgan fingerprint density at radius 2 is 1.65 bits per heavy atom. The van der Waals surface area contributed by atoms with Crippen LogP contribution in [-0.2, 0) is 33.7 Å². The maximum atomic E-state index is 14.0. The van der Waals surface area contributed by atoms with Crippen LogP contribution in [0.1, 0.15) is 34.7 Å². The number of methoxy groups -OCH3 is 2. The number of cyclic esters (lactones) is 1. The number of nitrogens with zero attached hydrogens (tertiary/aromatic N) is 1. The molecule has 0 saturated carbocycles. The molecule has 1 aliphatic carbocycles. The molecular weight excluding hydrogens is 472 g/mol. The van der Waals surface area contributed by atoms with Crippen molar-refractivity contribution in [3.8, 4) is 11.5 Å². The SMILES string of the molecule is COc1cc(CNC(=O)[C@@]2(Cc3ccccc3)OC(=O)N([C@@H]3CCc4ccccc43)C2=O)cc(OC)c1. The maximum Gasteiger partial charge on any atom is 0.418 e. The molecule has 2 aliphatic rings. The van der Waals surface area contributed by atoms with Crippen molar-refractivity contribution in [2.75, 3.05) is 14.2 Å². The lowest BCUT2D eigenvalue weighted by atomic mass is 9.91. The molecule has 2 atom stereocenters. The first-order chi connectivity index (χ1) is 17.9. The molecule has 0 bridgehead atoms. The molecule has 8 nitrogen and oxygen atoms in total. The van der Waals surface area contributed by atoms with Gasteiger partial charge < -0.3 is 19.5 Å². The first kappa shape index (κ1) is 24.4. The zero-order valence-corrected chi connectivity index (χ0v) is 20.7. The van der Waals surface area contributed by atoms with E-state index in [0.29, 0.717) is 29.0 Å². The van der Waals surface area contributed by atoms with Crippen molar-refractivity contribution >= 4 is 17.9 Å². The van der Waals surface area contributed by atoms with E-state index in [-0.39, 0.29) is 13.0 Å². The third-order valence-electron chi connectivity index (χ3n) is 6.96. The van der Waals surface area contributed by atoms with Gasteiger partial charge in [-0.05, 0) is 47.2 Å². The van der Waals surface area contributed by atoms with Gasteiger partial charge in [-0.3, -0.25) is 9.59 Å². The second-order valence-electron chi connectivity index (χ2n) is 9.19.